The molecule has 0 spiro atoms. The Labute approximate surface area is 189 Å². The molecule has 0 saturated carbocycles. The summed E-state index contributed by atoms with van der Waals surface area (Å²) in [5, 5.41) is 3.64. The van der Waals surface area contributed by atoms with Crippen molar-refractivity contribution < 1.29 is 18.7 Å². The van der Waals surface area contributed by atoms with E-state index >= 15 is 0 Å². The fraction of sp³-hybridized carbons (Fsp3) is 0.520. The van der Waals surface area contributed by atoms with Gasteiger partial charge in [0.2, 0.25) is 5.91 Å². The molecule has 1 N–H and O–H groups in total. The van der Waals surface area contributed by atoms with Crippen LogP contribution >= 0.6 is 0 Å². The maximum atomic E-state index is 12.7. The summed E-state index contributed by atoms with van der Waals surface area (Å²) in [7, 11) is 1.38. The van der Waals surface area contributed by atoms with Gasteiger partial charge in [0, 0.05) is 44.3 Å². The molecule has 1 aromatic carbocycles. The van der Waals surface area contributed by atoms with Crippen LogP contribution in [-0.4, -0.2) is 62.1 Å². The standard InChI is InChI=1S/C25H33N3O4/c1-31-25(30)23-5-2-14-28(23)24(29)18-19-6-8-21(9-7-19)27-15-11-20(12-16-27)26-13-10-22-4-3-17-32-22/h3-4,6-9,17,20,23,26H,2,5,10-16,18H2,1H3/t23-/m0/s1. The average molecular weight is 440 g/mol. The second-order valence-electron chi connectivity index (χ2n) is 8.66. The van der Waals surface area contributed by atoms with Crippen molar-refractivity contribution in [1.29, 1.82) is 0 Å². The average Bonchev–Trinajstić information content (AvgIpc) is 3.52. The van der Waals surface area contributed by atoms with Crippen LogP contribution in [-0.2, 0) is 27.2 Å². The highest BCUT2D eigenvalue weighted by atomic mass is 16.5. The number of nitrogens with one attached hydrogen (secondary N) is 1. The summed E-state index contributed by atoms with van der Waals surface area (Å²) in [5.74, 6) is 0.705. The Morgan fingerprint density at radius 2 is 1.88 bits per heavy atom. The first-order valence-electron chi connectivity index (χ1n) is 11.6. The molecule has 1 aromatic heterocycles. The van der Waals surface area contributed by atoms with E-state index in [-0.39, 0.29) is 11.9 Å². The number of amides is 1. The third-order valence-electron chi connectivity index (χ3n) is 6.58. The van der Waals surface area contributed by atoms with Crippen molar-refractivity contribution >= 4 is 17.6 Å². The minimum atomic E-state index is -0.430. The highest BCUT2D eigenvalue weighted by Gasteiger charge is 2.34. The van der Waals surface area contributed by atoms with Gasteiger partial charge in [-0.15, -0.1) is 0 Å². The molecule has 172 valence electrons. The second-order valence-corrected chi connectivity index (χ2v) is 8.66. The minimum Gasteiger partial charge on any atom is -0.469 e. The van der Waals surface area contributed by atoms with Gasteiger partial charge in [0.1, 0.15) is 11.8 Å². The number of hydrogen-bond donors (Lipinski definition) is 1. The SMILES string of the molecule is COC(=O)[C@@H]1CCCN1C(=O)Cc1ccc(N2CCC(NCCc3ccco3)CC2)cc1. The summed E-state index contributed by atoms with van der Waals surface area (Å²) < 4.78 is 10.2. The van der Waals surface area contributed by atoms with Crippen LogP contribution in [0.25, 0.3) is 0 Å². The molecule has 7 nitrogen and oxygen atoms in total. The van der Waals surface area contributed by atoms with Gasteiger partial charge in [-0.1, -0.05) is 12.1 Å². The Bertz CT molecular complexity index is 873. The molecule has 0 unspecified atom stereocenters. The Kier molecular flexibility index (Phi) is 7.47. The van der Waals surface area contributed by atoms with Crippen LogP contribution in [0.15, 0.2) is 47.1 Å². The molecule has 2 aliphatic rings. The van der Waals surface area contributed by atoms with E-state index < -0.39 is 6.04 Å². The Morgan fingerprint density at radius 1 is 1.09 bits per heavy atom. The van der Waals surface area contributed by atoms with E-state index in [9.17, 15) is 9.59 Å². The first-order valence-corrected chi connectivity index (χ1v) is 11.6. The fourth-order valence-electron chi connectivity index (χ4n) is 4.74. The predicted molar refractivity (Wildman–Crippen MR) is 123 cm³/mol. The molecular weight excluding hydrogens is 406 g/mol. The van der Waals surface area contributed by atoms with Crippen molar-refractivity contribution in [1.82, 2.24) is 10.2 Å². The Hall–Kier alpha value is -2.80. The van der Waals surface area contributed by atoms with Gasteiger partial charge in [0.25, 0.3) is 0 Å². The number of likely N-dealkylation sites (tertiary alicyclic amines) is 1. The third kappa shape index (κ3) is 5.51. The fourth-order valence-corrected chi connectivity index (χ4v) is 4.74. The van der Waals surface area contributed by atoms with Crippen LogP contribution in [0.4, 0.5) is 5.69 Å². The van der Waals surface area contributed by atoms with Gasteiger partial charge in [-0.05, 0) is 55.5 Å². The van der Waals surface area contributed by atoms with Gasteiger partial charge in [0.05, 0.1) is 19.8 Å². The van der Waals surface area contributed by atoms with Gasteiger partial charge in [0.15, 0.2) is 0 Å². The van der Waals surface area contributed by atoms with Gasteiger partial charge < -0.3 is 24.3 Å². The normalized spacial score (nSPS) is 19.3. The zero-order chi connectivity index (χ0) is 22.3. The zero-order valence-corrected chi connectivity index (χ0v) is 18.8. The molecular formula is C25H33N3O4. The van der Waals surface area contributed by atoms with Gasteiger partial charge in [-0.25, -0.2) is 4.79 Å². The lowest BCUT2D eigenvalue weighted by atomic mass is 10.0. The van der Waals surface area contributed by atoms with Crippen LogP contribution in [0.2, 0.25) is 0 Å². The molecule has 2 aromatic rings. The first kappa shape index (κ1) is 22.4. The Morgan fingerprint density at radius 3 is 2.56 bits per heavy atom. The molecule has 7 heteroatoms. The van der Waals surface area contributed by atoms with E-state index in [2.05, 4.69) is 22.3 Å². The third-order valence-corrected chi connectivity index (χ3v) is 6.58. The molecule has 1 amide bonds. The second kappa shape index (κ2) is 10.7. The van der Waals surface area contributed by atoms with Crippen LogP contribution < -0.4 is 10.2 Å². The number of rotatable bonds is 8. The van der Waals surface area contributed by atoms with Crippen LogP contribution in [0.1, 0.15) is 37.0 Å². The van der Waals surface area contributed by atoms with Crippen molar-refractivity contribution in [3.05, 3.63) is 54.0 Å². The van der Waals surface area contributed by atoms with E-state index in [1.807, 2.05) is 24.3 Å². The summed E-state index contributed by atoms with van der Waals surface area (Å²) in [6.07, 6.45) is 6.72. The number of methoxy groups -OCH3 is 1. The van der Waals surface area contributed by atoms with Crippen molar-refractivity contribution in [3.8, 4) is 0 Å². The monoisotopic (exact) mass is 439 g/mol. The predicted octanol–water partition coefficient (Wildman–Crippen LogP) is 2.79. The van der Waals surface area contributed by atoms with E-state index in [0.29, 0.717) is 25.4 Å². The van der Waals surface area contributed by atoms with E-state index in [1.165, 1.54) is 12.8 Å². The van der Waals surface area contributed by atoms with Gasteiger partial charge in [-0.3, -0.25) is 4.79 Å². The summed E-state index contributed by atoms with van der Waals surface area (Å²) in [5.41, 5.74) is 2.17. The van der Waals surface area contributed by atoms with E-state index in [0.717, 1.165) is 56.6 Å². The largest absolute Gasteiger partial charge is 0.469 e. The van der Waals surface area contributed by atoms with E-state index in [4.69, 9.17) is 9.15 Å². The summed E-state index contributed by atoms with van der Waals surface area (Å²) in [6, 6.07) is 12.3. The molecule has 2 fully saturated rings. The molecule has 32 heavy (non-hydrogen) atoms. The molecule has 0 radical (unpaired) electrons. The van der Waals surface area contributed by atoms with Crippen molar-refractivity contribution in [2.24, 2.45) is 0 Å². The van der Waals surface area contributed by atoms with Crippen molar-refractivity contribution in [2.45, 2.75) is 50.6 Å². The Balaban J connectivity index is 1.22. The molecule has 1 atom stereocenters. The maximum absolute atomic E-state index is 12.7. The quantitative estimate of drug-likeness (QED) is 0.638. The number of nitrogens with zero attached hydrogens (tertiary/aromatic N) is 2. The number of anilines is 1. The summed E-state index contributed by atoms with van der Waals surface area (Å²) >= 11 is 0. The van der Waals surface area contributed by atoms with Crippen LogP contribution in [0.3, 0.4) is 0 Å². The lowest BCUT2D eigenvalue weighted by Gasteiger charge is -2.34. The van der Waals surface area contributed by atoms with E-state index in [1.54, 1.807) is 11.2 Å². The number of benzene rings is 1. The summed E-state index contributed by atoms with van der Waals surface area (Å²) in [4.78, 5) is 28.7. The smallest absolute Gasteiger partial charge is 0.328 e. The topological polar surface area (TPSA) is 75.0 Å². The van der Waals surface area contributed by atoms with Gasteiger partial charge >= 0.3 is 5.97 Å². The number of piperidine rings is 1. The number of esters is 1. The minimum absolute atomic E-state index is 0.00733. The summed E-state index contributed by atoms with van der Waals surface area (Å²) in [6.45, 7) is 3.60. The van der Waals surface area contributed by atoms with Crippen LogP contribution in [0.5, 0.6) is 0 Å². The number of furan rings is 1. The highest BCUT2D eigenvalue weighted by molar-refractivity contribution is 5.86. The van der Waals surface area contributed by atoms with Gasteiger partial charge in [-0.2, -0.15) is 0 Å². The molecule has 2 aliphatic heterocycles. The first-order chi connectivity index (χ1) is 15.6. The molecule has 2 saturated heterocycles. The number of ether oxygens (including phenoxy) is 1. The number of hydrogen-bond acceptors (Lipinski definition) is 6. The lowest BCUT2D eigenvalue weighted by molar-refractivity contribution is -0.150. The lowest BCUT2D eigenvalue weighted by Crippen LogP contribution is -2.43. The van der Waals surface area contributed by atoms with Crippen LogP contribution in [0, 0.1) is 0 Å². The number of carbonyl (C=O) groups is 2. The maximum Gasteiger partial charge on any atom is 0.328 e. The molecule has 4 rings (SSSR count). The van der Waals surface area contributed by atoms with Crippen molar-refractivity contribution in [3.63, 3.8) is 0 Å². The molecule has 3 heterocycles. The molecule has 0 aliphatic carbocycles. The number of carbonyl (C=O) groups excluding carboxylic acids is 2. The molecule has 0 bridgehead atoms. The van der Waals surface area contributed by atoms with Crippen molar-refractivity contribution in [2.75, 3.05) is 38.2 Å². The zero-order valence-electron chi connectivity index (χ0n) is 18.8. The highest BCUT2D eigenvalue weighted by Crippen LogP contribution is 2.23.